The zero-order valence-corrected chi connectivity index (χ0v) is 18.4. The van der Waals surface area contributed by atoms with Crippen molar-refractivity contribution in [2.75, 3.05) is 0 Å². The largest absolute Gasteiger partial charge is 0.467 e. The Morgan fingerprint density at radius 3 is 2.00 bits per heavy atom. The number of hydrogen-bond acceptors (Lipinski definition) is 4. The molecule has 5 heteroatoms. The Kier molecular flexibility index (Phi) is 7.61. The van der Waals surface area contributed by atoms with Gasteiger partial charge in [0, 0.05) is 4.90 Å². The van der Waals surface area contributed by atoms with Gasteiger partial charge in [0.25, 0.3) is 0 Å². The van der Waals surface area contributed by atoms with Crippen LogP contribution in [0.15, 0.2) is 39.8 Å². The molecule has 0 aliphatic rings. The molecule has 1 N–H and O–H groups in total. The van der Waals surface area contributed by atoms with Gasteiger partial charge in [0.15, 0.2) is 0 Å². The van der Waals surface area contributed by atoms with E-state index in [0.29, 0.717) is 11.7 Å². The SMILES string of the molecule is CC(C)c1cc(C(C)C)c(SC(=O)[C@@H](Cl)[C@H](O)c2ccco2)c(C(C)C)c1. The second kappa shape index (κ2) is 9.31. The number of thioether (sulfide) groups is 1. The molecule has 2 rings (SSSR count). The molecule has 27 heavy (non-hydrogen) atoms. The van der Waals surface area contributed by atoms with Crippen molar-refractivity contribution in [2.24, 2.45) is 0 Å². The van der Waals surface area contributed by atoms with Crippen LogP contribution in [0.4, 0.5) is 0 Å². The van der Waals surface area contributed by atoms with Crippen LogP contribution in [-0.2, 0) is 4.79 Å². The van der Waals surface area contributed by atoms with E-state index in [4.69, 9.17) is 16.0 Å². The van der Waals surface area contributed by atoms with Gasteiger partial charge in [0.05, 0.1) is 6.26 Å². The first-order chi connectivity index (χ1) is 12.6. The summed E-state index contributed by atoms with van der Waals surface area (Å²) in [5.41, 5.74) is 3.58. The Labute approximate surface area is 171 Å². The lowest BCUT2D eigenvalue weighted by Crippen LogP contribution is -2.20. The van der Waals surface area contributed by atoms with Crippen molar-refractivity contribution < 1.29 is 14.3 Å². The Morgan fingerprint density at radius 2 is 1.59 bits per heavy atom. The minimum atomic E-state index is -1.17. The Hall–Kier alpha value is -1.23. The van der Waals surface area contributed by atoms with Crippen molar-refractivity contribution in [1.29, 1.82) is 0 Å². The Bertz CT molecular complexity index is 737. The van der Waals surface area contributed by atoms with Gasteiger partial charge < -0.3 is 9.52 Å². The zero-order valence-electron chi connectivity index (χ0n) is 16.8. The number of aliphatic hydroxyl groups is 1. The van der Waals surface area contributed by atoms with Crippen molar-refractivity contribution in [3.63, 3.8) is 0 Å². The van der Waals surface area contributed by atoms with Crippen molar-refractivity contribution in [3.05, 3.63) is 53.0 Å². The third-order valence-corrected chi connectivity index (χ3v) is 6.32. The summed E-state index contributed by atoms with van der Waals surface area (Å²) in [4.78, 5) is 13.8. The van der Waals surface area contributed by atoms with Crippen LogP contribution in [0.1, 0.15) is 87.9 Å². The molecular weight excluding hydrogens is 380 g/mol. The summed E-state index contributed by atoms with van der Waals surface area (Å²) < 4.78 is 5.19. The molecule has 1 aromatic heterocycles. The van der Waals surface area contributed by atoms with E-state index >= 15 is 0 Å². The van der Waals surface area contributed by atoms with Gasteiger partial charge in [-0.3, -0.25) is 4.79 Å². The second-order valence-corrected chi connectivity index (χ2v) is 9.26. The van der Waals surface area contributed by atoms with Crippen LogP contribution in [-0.4, -0.2) is 15.6 Å². The number of hydrogen-bond donors (Lipinski definition) is 1. The van der Waals surface area contributed by atoms with Crippen LogP contribution in [0, 0.1) is 0 Å². The molecule has 0 spiro atoms. The van der Waals surface area contributed by atoms with Crippen molar-refractivity contribution in [2.45, 2.75) is 75.7 Å². The summed E-state index contributed by atoms with van der Waals surface area (Å²) in [6, 6.07) is 7.68. The fourth-order valence-corrected chi connectivity index (χ4v) is 4.42. The molecule has 2 aromatic rings. The van der Waals surface area contributed by atoms with Gasteiger partial charge in [-0.25, -0.2) is 0 Å². The maximum Gasteiger partial charge on any atom is 0.214 e. The van der Waals surface area contributed by atoms with Crippen LogP contribution in [0.5, 0.6) is 0 Å². The van der Waals surface area contributed by atoms with Gasteiger partial charge in [0.2, 0.25) is 5.12 Å². The minimum Gasteiger partial charge on any atom is -0.467 e. The van der Waals surface area contributed by atoms with Gasteiger partial charge in [-0.05, 0) is 58.3 Å². The van der Waals surface area contributed by atoms with Gasteiger partial charge in [0.1, 0.15) is 17.2 Å². The van der Waals surface area contributed by atoms with Crippen molar-refractivity contribution in [1.82, 2.24) is 0 Å². The van der Waals surface area contributed by atoms with E-state index < -0.39 is 11.5 Å². The van der Waals surface area contributed by atoms with Crippen LogP contribution < -0.4 is 0 Å². The highest BCUT2D eigenvalue weighted by Crippen LogP contribution is 2.40. The summed E-state index contributed by atoms with van der Waals surface area (Å²) in [6.45, 7) is 12.9. The quantitative estimate of drug-likeness (QED) is 0.413. The predicted molar refractivity (Wildman–Crippen MR) is 113 cm³/mol. The molecular formula is C22H29ClO3S. The molecule has 0 saturated heterocycles. The van der Waals surface area contributed by atoms with E-state index in [9.17, 15) is 9.90 Å². The summed E-state index contributed by atoms with van der Waals surface area (Å²) in [5, 5.41) is 8.99. The molecule has 0 aliphatic carbocycles. The predicted octanol–water partition coefficient (Wildman–Crippen LogP) is 6.61. The monoisotopic (exact) mass is 408 g/mol. The number of halogens is 1. The van der Waals surface area contributed by atoms with Gasteiger partial charge in [-0.2, -0.15) is 0 Å². The standard InChI is InChI=1S/C22H29ClO3S/c1-12(2)15-10-16(13(3)4)21(17(11-15)14(5)6)27-22(25)19(23)20(24)18-8-7-9-26-18/h7-14,19-20,24H,1-6H3/t19-,20+/m0/s1. The molecule has 3 nitrogen and oxygen atoms in total. The van der Waals surface area contributed by atoms with Crippen LogP contribution in [0.25, 0.3) is 0 Å². The molecule has 0 aliphatic heterocycles. The smallest absolute Gasteiger partial charge is 0.214 e. The maximum absolute atomic E-state index is 12.8. The van der Waals surface area contributed by atoms with Crippen molar-refractivity contribution in [3.8, 4) is 0 Å². The Balaban J connectivity index is 2.39. The first-order valence-corrected chi connectivity index (χ1v) is 10.6. The fourth-order valence-electron chi connectivity index (χ4n) is 2.90. The van der Waals surface area contributed by atoms with Crippen LogP contribution in [0.3, 0.4) is 0 Å². The van der Waals surface area contributed by atoms with Gasteiger partial charge in [-0.1, -0.05) is 53.7 Å². The van der Waals surface area contributed by atoms with Gasteiger partial charge in [-0.15, -0.1) is 11.6 Å². The average molecular weight is 409 g/mol. The van der Waals surface area contributed by atoms with Crippen LogP contribution >= 0.6 is 23.4 Å². The number of aliphatic hydroxyl groups excluding tert-OH is 1. The van der Waals surface area contributed by atoms with E-state index in [1.54, 1.807) is 12.1 Å². The molecule has 1 aromatic carbocycles. The average Bonchev–Trinajstić information content (AvgIpc) is 3.14. The summed E-state index contributed by atoms with van der Waals surface area (Å²) in [5.74, 6) is 1.27. The number of furan rings is 1. The van der Waals surface area contributed by atoms with E-state index in [1.807, 2.05) is 0 Å². The number of carbonyl (C=O) groups excluding carboxylic acids is 1. The summed E-state index contributed by atoms with van der Waals surface area (Å²) in [6.07, 6.45) is 0.291. The maximum atomic E-state index is 12.8. The van der Waals surface area contributed by atoms with E-state index in [-0.39, 0.29) is 17.0 Å². The fraction of sp³-hybridized carbons (Fsp3) is 0.500. The first kappa shape index (κ1) is 22.1. The molecule has 0 radical (unpaired) electrons. The minimum absolute atomic E-state index is 0.276. The third kappa shape index (κ3) is 5.18. The van der Waals surface area contributed by atoms with Gasteiger partial charge >= 0.3 is 0 Å². The highest BCUT2D eigenvalue weighted by molar-refractivity contribution is 8.14. The summed E-state index contributed by atoms with van der Waals surface area (Å²) in [7, 11) is 0. The highest BCUT2D eigenvalue weighted by atomic mass is 35.5. The number of rotatable bonds is 7. The number of alkyl halides is 1. The molecule has 0 fully saturated rings. The first-order valence-electron chi connectivity index (χ1n) is 9.38. The molecule has 1 heterocycles. The molecule has 0 saturated carbocycles. The second-order valence-electron chi connectivity index (χ2n) is 7.78. The molecule has 0 amide bonds. The summed E-state index contributed by atoms with van der Waals surface area (Å²) >= 11 is 7.42. The van der Waals surface area contributed by atoms with E-state index in [2.05, 4.69) is 53.7 Å². The third-order valence-electron chi connectivity index (χ3n) is 4.62. The number of benzene rings is 1. The van der Waals surface area contributed by atoms with E-state index in [1.165, 1.54) is 11.8 Å². The zero-order chi connectivity index (χ0) is 20.3. The van der Waals surface area contributed by atoms with E-state index in [0.717, 1.165) is 27.8 Å². The topological polar surface area (TPSA) is 50.4 Å². The normalized spacial score (nSPS) is 14.2. The lowest BCUT2D eigenvalue weighted by molar-refractivity contribution is -0.112. The van der Waals surface area contributed by atoms with Crippen molar-refractivity contribution >= 4 is 28.5 Å². The molecule has 148 valence electrons. The molecule has 0 bridgehead atoms. The highest BCUT2D eigenvalue weighted by Gasteiger charge is 2.30. The molecule has 2 atom stereocenters. The lowest BCUT2D eigenvalue weighted by Gasteiger charge is -2.23. The Morgan fingerprint density at radius 1 is 1.04 bits per heavy atom. The van der Waals surface area contributed by atoms with Crippen LogP contribution in [0.2, 0.25) is 0 Å². The molecule has 0 unspecified atom stereocenters. The number of carbonyl (C=O) groups is 1. The lowest BCUT2D eigenvalue weighted by atomic mass is 9.89.